The third-order valence-corrected chi connectivity index (χ3v) is 3.00. The molecule has 0 bridgehead atoms. The molecule has 0 aromatic heterocycles. The lowest BCUT2D eigenvalue weighted by molar-refractivity contribution is 0.603. The minimum atomic E-state index is -0.430. The zero-order valence-corrected chi connectivity index (χ0v) is 9.97. The quantitative estimate of drug-likeness (QED) is 0.710. The molecule has 3 heteroatoms. The maximum Gasteiger partial charge on any atom is 0.131 e. The molecule has 0 aliphatic rings. The summed E-state index contributed by atoms with van der Waals surface area (Å²) < 4.78 is 26.5. The third-order valence-electron chi connectivity index (χ3n) is 2.35. The van der Waals surface area contributed by atoms with Crippen LogP contribution in [0.15, 0.2) is 42.5 Å². The molecule has 0 spiro atoms. The maximum absolute atomic E-state index is 13.5. The van der Waals surface area contributed by atoms with Crippen molar-refractivity contribution < 1.29 is 8.78 Å². The minimum Gasteiger partial charge on any atom is -0.207 e. The van der Waals surface area contributed by atoms with Crippen molar-refractivity contribution in [3.8, 4) is 11.1 Å². The largest absolute Gasteiger partial charge is 0.207 e. The highest BCUT2D eigenvalue weighted by Crippen LogP contribution is 2.24. The van der Waals surface area contributed by atoms with Crippen LogP contribution in [0, 0.1) is 11.6 Å². The molecule has 0 unspecified atom stereocenters. The second kappa shape index (κ2) is 4.74. The summed E-state index contributed by atoms with van der Waals surface area (Å²) in [5, 5.41) is 0.749. The van der Waals surface area contributed by atoms with Gasteiger partial charge in [0.1, 0.15) is 11.6 Å². The van der Waals surface area contributed by atoms with Gasteiger partial charge in [-0.2, -0.15) is 0 Å². The predicted octanol–water partition coefficient (Wildman–Crippen LogP) is 4.53. The molecule has 2 aromatic carbocycles. The van der Waals surface area contributed by atoms with E-state index in [9.17, 15) is 8.78 Å². The standard InChI is InChI=1S/C13H9BrF2/c14-8-9-1-3-10(4-2-9)12-7-11(15)5-6-13(12)16/h1-7H,8H2. The minimum absolute atomic E-state index is 0.293. The van der Waals surface area contributed by atoms with Crippen molar-refractivity contribution in [3.05, 3.63) is 59.7 Å². The van der Waals surface area contributed by atoms with E-state index in [1.165, 1.54) is 6.07 Å². The van der Waals surface area contributed by atoms with Crippen molar-refractivity contribution in [1.82, 2.24) is 0 Å². The number of alkyl halides is 1. The molecule has 0 aliphatic carbocycles. The van der Waals surface area contributed by atoms with Gasteiger partial charge in [0.05, 0.1) is 0 Å². The normalized spacial score (nSPS) is 10.4. The monoisotopic (exact) mass is 282 g/mol. The Morgan fingerprint density at radius 3 is 2.25 bits per heavy atom. The lowest BCUT2D eigenvalue weighted by atomic mass is 10.0. The molecule has 0 atom stereocenters. The Hall–Kier alpha value is -1.22. The Morgan fingerprint density at radius 2 is 1.62 bits per heavy atom. The first-order chi connectivity index (χ1) is 7.70. The SMILES string of the molecule is Fc1ccc(F)c(-c2ccc(CBr)cc2)c1. The van der Waals surface area contributed by atoms with E-state index in [0.717, 1.165) is 23.0 Å². The molecule has 82 valence electrons. The summed E-state index contributed by atoms with van der Waals surface area (Å²) in [6, 6.07) is 10.8. The van der Waals surface area contributed by atoms with E-state index in [2.05, 4.69) is 15.9 Å². The Balaban J connectivity index is 2.45. The van der Waals surface area contributed by atoms with E-state index in [1.54, 1.807) is 12.1 Å². The molecule has 0 heterocycles. The van der Waals surface area contributed by atoms with Gasteiger partial charge in [0, 0.05) is 10.9 Å². The number of hydrogen-bond donors (Lipinski definition) is 0. The highest BCUT2D eigenvalue weighted by atomic mass is 79.9. The first-order valence-corrected chi connectivity index (χ1v) is 5.93. The second-order valence-electron chi connectivity index (χ2n) is 3.45. The van der Waals surface area contributed by atoms with E-state index < -0.39 is 11.6 Å². The van der Waals surface area contributed by atoms with Crippen LogP contribution in [0.4, 0.5) is 8.78 Å². The van der Waals surface area contributed by atoms with Crippen LogP contribution in [-0.4, -0.2) is 0 Å². The van der Waals surface area contributed by atoms with E-state index in [0.29, 0.717) is 11.1 Å². The van der Waals surface area contributed by atoms with E-state index in [1.807, 2.05) is 12.1 Å². The molecule has 0 amide bonds. The van der Waals surface area contributed by atoms with Crippen LogP contribution >= 0.6 is 15.9 Å². The van der Waals surface area contributed by atoms with Gasteiger partial charge >= 0.3 is 0 Å². The average molecular weight is 283 g/mol. The van der Waals surface area contributed by atoms with Gasteiger partial charge in [-0.05, 0) is 29.3 Å². The first kappa shape index (κ1) is 11.3. The second-order valence-corrected chi connectivity index (χ2v) is 4.02. The van der Waals surface area contributed by atoms with Crippen molar-refractivity contribution in [3.63, 3.8) is 0 Å². The van der Waals surface area contributed by atoms with Gasteiger partial charge in [-0.3, -0.25) is 0 Å². The highest BCUT2D eigenvalue weighted by molar-refractivity contribution is 9.08. The summed E-state index contributed by atoms with van der Waals surface area (Å²) in [6.07, 6.45) is 0. The molecule has 2 aromatic rings. The fourth-order valence-electron chi connectivity index (χ4n) is 1.49. The Bertz CT molecular complexity index is 492. The number of benzene rings is 2. The molecule has 0 saturated carbocycles. The summed E-state index contributed by atoms with van der Waals surface area (Å²) in [7, 11) is 0. The van der Waals surface area contributed by atoms with Crippen molar-refractivity contribution in [1.29, 1.82) is 0 Å². The van der Waals surface area contributed by atoms with E-state index in [-0.39, 0.29) is 0 Å². The van der Waals surface area contributed by atoms with Gasteiger partial charge in [-0.25, -0.2) is 8.78 Å². The summed E-state index contributed by atoms with van der Waals surface area (Å²) in [5.41, 5.74) is 2.07. The van der Waals surface area contributed by atoms with Gasteiger partial charge in [0.2, 0.25) is 0 Å². The van der Waals surface area contributed by atoms with Crippen LogP contribution in [0.3, 0.4) is 0 Å². The number of hydrogen-bond acceptors (Lipinski definition) is 0. The zero-order chi connectivity index (χ0) is 11.5. The Kier molecular flexibility index (Phi) is 3.34. The molecule has 0 nitrogen and oxygen atoms in total. The van der Waals surface area contributed by atoms with Crippen molar-refractivity contribution in [2.75, 3.05) is 0 Å². The molecular formula is C13H9BrF2. The van der Waals surface area contributed by atoms with Gasteiger partial charge < -0.3 is 0 Å². The summed E-state index contributed by atoms with van der Waals surface area (Å²) >= 11 is 3.33. The lowest BCUT2D eigenvalue weighted by Gasteiger charge is -2.04. The summed E-state index contributed by atoms with van der Waals surface area (Å²) in [4.78, 5) is 0. The third kappa shape index (κ3) is 2.30. The van der Waals surface area contributed by atoms with E-state index >= 15 is 0 Å². The Labute approximate surface area is 101 Å². The van der Waals surface area contributed by atoms with Crippen molar-refractivity contribution in [2.45, 2.75) is 5.33 Å². The van der Waals surface area contributed by atoms with Gasteiger partial charge in [0.25, 0.3) is 0 Å². The van der Waals surface area contributed by atoms with Crippen LogP contribution in [0.5, 0.6) is 0 Å². The fraction of sp³-hybridized carbons (Fsp3) is 0.0769. The van der Waals surface area contributed by atoms with Gasteiger partial charge in [-0.15, -0.1) is 0 Å². The van der Waals surface area contributed by atoms with E-state index in [4.69, 9.17) is 0 Å². The fourth-order valence-corrected chi connectivity index (χ4v) is 1.87. The number of rotatable bonds is 2. The smallest absolute Gasteiger partial charge is 0.131 e. The molecule has 0 radical (unpaired) electrons. The zero-order valence-electron chi connectivity index (χ0n) is 8.38. The average Bonchev–Trinajstić information content (AvgIpc) is 2.32. The summed E-state index contributed by atoms with van der Waals surface area (Å²) in [6.45, 7) is 0. The first-order valence-electron chi connectivity index (χ1n) is 4.81. The van der Waals surface area contributed by atoms with Gasteiger partial charge in [0.15, 0.2) is 0 Å². The molecule has 0 aliphatic heterocycles. The molecule has 0 fully saturated rings. The predicted molar refractivity (Wildman–Crippen MR) is 64.4 cm³/mol. The molecular weight excluding hydrogens is 274 g/mol. The molecule has 16 heavy (non-hydrogen) atoms. The number of halogens is 3. The van der Waals surface area contributed by atoms with Crippen molar-refractivity contribution in [2.24, 2.45) is 0 Å². The van der Waals surface area contributed by atoms with Crippen LogP contribution in [0.25, 0.3) is 11.1 Å². The molecule has 0 saturated heterocycles. The van der Waals surface area contributed by atoms with Crippen LogP contribution in [0.2, 0.25) is 0 Å². The maximum atomic E-state index is 13.5. The topological polar surface area (TPSA) is 0 Å². The highest BCUT2D eigenvalue weighted by Gasteiger charge is 2.06. The van der Waals surface area contributed by atoms with Crippen molar-refractivity contribution >= 4 is 15.9 Å². The van der Waals surface area contributed by atoms with Crippen LogP contribution in [0.1, 0.15) is 5.56 Å². The van der Waals surface area contributed by atoms with Gasteiger partial charge in [-0.1, -0.05) is 40.2 Å². The molecule has 0 N–H and O–H groups in total. The molecule has 2 rings (SSSR count). The van der Waals surface area contributed by atoms with Crippen LogP contribution < -0.4 is 0 Å². The Morgan fingerprint density at radius 1 is 0.938 bits per heavy atom. The lowest BCUT2D eigenvalue weighted by Crippen LogP contribution is -1.87. The van der Waals surface area contributed by atoms with Crippen LogP contribution in [-0.2, 0) is 5.33 Å². The summed E-state index contributed by atoms with van der Waals surface area (Å²) in [5.74, 6) is -0.839.